The highest BCUT2D eigenvalue weighted by Crippen LogP contribution is 2.16. The van der Waals surface area contributed by atoms with Gasteiger partial charge < -0.3 is 9.57 Å². The smallest absolute Gasteiger partial charge is 0.363 e. The number of benzene rings is 1. The topological polar surface area (TPSA) is 78.6 Å². The van der Waals surface area contributed by atoms with Gasteiger partial charge in [0.25, 0.3) is 0 Å². The molecular formula is C13H14N4O3. The van der Waals surface area contributed by atoms with Crippen molar-refractivity contribution >= 4 is 18.0 Å². The number of esters is 1. The van der Waals surface area contributed by atoms with E-state index >= 15 is 0 Å². The Morgan fingerprint density at radius 3 is 2.80 bits per heavy atom. The summed E-state index contributed by atoms with van der Waals surface area (Å²) in [5.41, 5.74) is 0.895. The van der Waals surface area contributed by atoms with Crippen molar-refractivity contribution in [2.75, 3.05) is 13.7 Å². The number of hydrogen-bond acceptors (Lipinski definition) is 6. The first-order valence-electron chi connectivity index (χ1n) is 6.02. The standard InChI is InChI=1S/C13H14N4O3/c1-3-20-13(18)11-12(17(19-2)16-15-11)14-9-10-7-5-4-6-8-10/h4-9H,3H2,1-2H3. The van der Waals surface area contributed by atoms with Crippen molar-refractivity contribution in [1.29, 1.82) is 0 Å². The summed E-state index contributed by atoms with van der Waals surface area (Å²) < 4.78 is 4.89. The van der Waals surface area contributed by atoms with Gasteiger partial charge in [-0.2, -0.15) is 0 Å². The monoisotopic (exact) mass is 274 g/mol. The molecule has 1 heterocycles. The Morgan fingerprint density at radius 1 is 1.40 bits per heavy atom. The normalized spacial score (nSPS) is 10.7. The zero-order valence-corrected chi connectivity index (χ0v) is 11.2. The number of ether oxygens (including phenoxy) is 1. The minimum absolute atomic E-state index is 0.0147. The molecule has 2 rings (SSSR count). The van der Waals surface area contributed by atoms with Gasteiger partial charge in [0.1, 0.15) is 7.11 Å². The number of aromatic nitrogens is 3. The summed E-state index contributed by atoms with van der Waals surface area (Å²) in [5, 5.41) is 7.40. The summed E-state index contributed by atoms with van der Waals surface area (Å²) in [4.78, 5) is 22.0. The van der Waals surface area contributed by atoms with Crippen LogP contribution in [0.2, 0.25) is 0 Å². The number of aliphatic imine (C=N–C) groups is 1. The summed E-state index contributed by atoms with van der Waals surface area (Å²) in [6, 6.07) is 9.45. The maximum Gasteiger partial charge on any atom is 0.363 e. The van der Waals surface area contributed by atoms with Crippen molar-refractivity contribution in [2.24, 2.45) is 4.99 Å². The van der Waals surface area contributed by atoms with Gasteiger partial charge in [-0.05, 0) is 17.7 Å². The lowest BCUT2D eigenvalue weighted by Gasteiger charge is -2.01. The number of rotatable bonds is 5. The van der Waals surface area contributed by atoms with E-state index in [4.69, 9.17) is 9.57 Å². The van der Waals surface area contributed by atoms with E-state index in [1.54, 1.807) is 13.1 Å². The van der Waals surface area contributed by atoms with E-state index in [1.807, 2.05) is 30.3 Å². The molecule has 0 fully saturated rings. The minimum atomic E-state index is -0.587. The van der Waals surface area contributed by atoms with Crippen molar-refractivity contribution < 1.29 is 14.4 Å². The highest BCUT2D eigenvalue weighted by molar-refractivity contribution is 5.93. The van der Waals surface area contributed by atoms with Crippen LogP contribution in [0, 0.1) is 0 Å². The van der Waals surface area contributed by atoms with E-state index in [0.717, 1.165) is 10.4 Å². The second-order valence-corrected chi connectivity index (χ2v) is 3.71. The number of carbonyl (C=O) groups is 1. The van der Waals surface area contributed by atoms with Gasteiger partial charge in [-0.15, -0.1) is 5.10 Å². The van der Waals surface area contributed by atoms with Crippen LogP contribution in [0.3, 0.4) is 0 Å². The summed E-state index contributed by atoms with van der Waals surface area (Å²) >= 11 is 0. The molecule has 0 aliphatic carbocycles. The van der Waals surface area contributed by atoms with Crippen LogP contribution in [0.15, 0.2) is 35.3 Å². The van der Waals surface area contributed by atoms with Crippen molar-refractivity contribution in [3.8, 4) is 0 Å². The maximum absolute atomic E-state index is 11.7. The molecule has 0 atom stereocenters. The molecule has 0 N–H and O–H groups in total. The van der Waals surface area contributed by atoms with Crippen LogP contribution >= 0.6 is 0 Å². The molecule has 20 heavy (non-hydrogen) atoms. The van der Waals surface area contributed by atoms with Crippen molar-refractivity contribution in [3.05, 3.63) is 41.6 Å². The minimum Gasteiger partial charge on any atom is -0.461 e. The first kappa shape index (κ1) is 13.7. The van der Waals surface area contributed by atoms with E-state index in [1.165, 1.54) is 7.11 Å². The largest absolute Gasteiger partial charge is 0.461 e. The molecule has 1 aromatic heterocycles. The maximum atomic E-state index is 11.7. The molecule has 0 saturated heterocycles. The van der Waals surface area contributed by atoms with Crippen LogP contribution in [0.5, 0.6) is 0 Å². The molecule has 0 amide bonds. The number of nitrogens with zero attached hydrogens (tertiary/aromatic N) is 4. The fourth-order valence-corrected chi connectivity index (χ4v) is 1.50. The summed E-state index contributed by atoms with van der Waals surface area (Å²) in [5.74, 6) is -0.397. The average molecular weight is 274 g/mol. The van der Waals surface area contributed by atoms with Crippen LogP contribution in [-0.4, -0.2) is 41.1 Å². The van der Waals surface area contributed by atoms with Gasteiger partial charge in [-0.25, -0.2) is 9.79 Å². The third-order valence-corrected chi connectivity index (χ3v) is 2.40. The van der Waals surface area contributed by atoms with Gasteiger partial charge in [0.2, 0.25) is 11.5 Å². The summed E-state index contributed by atoms with van der Waals surface area (Å²) in [6.07, 6.45) is 1.59. The lowest BCUT2D eigenvalue weighted by Crippen LogP contribution is -2.08. The lowest BCUT2D eigenvalue weighted by atomic mass is 10.2. The average Bonchev–Trinajstić information content (AvgIpc) is 2.89. The number of hydrogen-bond donors (Lipinski definition) is 0. The highest BCUT2D eigenvalue weighted by Gasteiger charge is 2.21. The van der Waals surface area contributed by atoms with Crippen LogP contribution in [0.1, 0.15) is 23.0 Å². The van der Waals surface area contributed by atoms with Crippen molar-refractivity contribution in [1.82, 2.24) is 15.2 Å². The molecule has 7 nitrogen and oxygen atoms in total. The third-order valence-electron chi connectivity index (χ3n) is 2.40. The Bertz CT molecular complexity index is 607. The molecule has 0 aliphatic rings. The fourth-order valence-electron chi connectivity index (χ4n) is 1.50. The molecule has 0 bridgehead atoms. The van der Waals surface area contributed by atoms with Crippen LogP contribution < -0.4 is 4.84 Å². The highest BCUT2D eigenvalue weighted by atomic mass is 16.7. The van der Waals surface area contributed by atoms with Crippen LogP contribution in [0.4, 0.5) is 5.82 Å². The lowest BCUT2D eigenvalue weighted by molar-refractivity contribution is 0.0520. The molecule has 7 heteroatoms. The third kappa shape index (κ3) is 3.00. The predicted octanol–water partition coefficient (Wildman–Crippen LogP) is 1.26. The quantitative estimate of drug-likeness (QED) is 0.606. The Hall–Kier alpha value is -2.70. The summed E-state index contributed by atoms with van der Waals surface area (Å²) in [6.45, 7) is 1.96. The van der Waals surface area contributed by atoms with E-state index < -0.39 is 5.97 Å². The van der Waals surface area contributed by atoms with Crippen molar-refractivity contribution in [2.45, 2.75) is 6.92 Å². The van der Waals surface area contributed by atoms with Gasteiger partial charge in [-0.1, -0.05) is 35.2 Å². The molecular weight excluding hydrogens is 260 g/mol. The zero-order valence-electron chi connectivity index (χ0n) is 11.2. The molecule has 104 valence electrons. The number of carbonyl (C=O) groups excluding carboxylic acids is 1. The molecule has 0 radical (unpaired) electrons. The Labute approximate surface area is 115 Å². The van der Waals surface area contributed by atoms with Crippen LogP contribution in [-0.2, 0) is 4.74 Å². The van der Waals surface area contributed by atoms with Gasteiger partial charge >= 0.3 is 5.97 Å². The Morgan fingerprint density at radius 2 is 2.15 bits per heavy atom. The van der Waals surface area contributed by atoms with E-state index in [0.29, 0.717) is 0 Å². The van der Waals surface area contributed by atoms with Crippen LogP contribution in [0.25, 0.3) is 0 Å². The van der Waals surface area contributed by atoms with Gasteiger partial charge in [-0.3, -0.25) is 0 Å². The second kappa shape index (κ2) is 6.46. The molecule has 1 aromatic carbocycles. The Kier molecular flexibility index (Phi) is 4.43. The molecule has 0 aliphatic heterocycles. The van der Waals surface area contributed by atoms with E-state index in [9.17, 15) is 4.79 Å². The van der Waals surface area contributed by atoms with Crippen molar-refractivity contribution in [3.63, 3.8) is 0 Å². The van der Waals surface area contributed by atoms with E-state index in [2.05, 4.69) is 15.3 Å². The summed E-state index contributed by atoms with van der Waals surface area (Å²) in [7, 11) is 1.41. The SMILES string of the molecule is CCOC(=O)c1nnn(OC)c1N=Cc1ccccc1. The van der Waals surface area contributed by atoms with Gasteiger partial charge in [0.05, 0.1) is 6.61 Å². The second-order valence-electron chi connectivity index (χ2n) is 3.71. The zero-order chi connectivity index (χ0) is 14.4. The molecule has 0 spiro atoms. The molecule has 2 aromatic rings. The van der Waals surface area contributed by atoms with E-state index in [-0.39, 0.29) is 18.1 Å². The van der Waals surface area contributed by atoms with Gasteiger partial charge in [0.15, 0.2) is 0 Å². The first-order valence-corrected chi connectivity index (χ1v) is 6.02. The fraction of sp³-hybridized carbons (Fsp3) is 0.231. The van der Waals surface area contributed by atoms with Gasteiger partial charge in [0, 0.05) is 6.21 Å². The molecule has 0 unspecified atom stereocenters. The Balaban J connectivity index is 2.32. The predicted molar refractivity (Wildman–Crippen MR) is 72.2 cm³/mol. The first-order chi connectivity index (χ1) is 9.76. The molecule has 0 saturated carbocycles.